The Hall–Kier alpha value is -4.42. The largest absolute Gasteiger partial charge is 0.457 e. The zero-order valence-electron chi connectivity index (χ0n) is 20.4. The Morgan fingerprint density at radius 3 is 2.32 bits per heavy atom. The number of hydrogen-bond acceptors (Lipinski definition) is 3. The maximum Gasteiger partial charge on any atom is 0.174 e. The molecule has 1 N–H and O–H groups in total. The van der Waals surface area contributed by atoms with Crippen LogP contribution >= 0.6 is 12.2 Å². The maximum atomic E-state index is 6.13. The van der Waals surface area contributed by atoms with Gasteiger partial charge >= 0.3 is 0 Å². The topological polar surface area (TPSA) is 42.3 Å². The molecule has 0 aliphatic carbocycles. The highest BCUT2D eigenvalue weighted by Crippen LogP contribution is 2.42. The van der Waals surface area contributed by atoms with Gasteiger partial charge in [0.2, 0.25) is 0 Å². The summed E-state index contributed by atoms with van der Waals surface area (Å²) in [6.07, 6.45) is 6.10. The number of aryl methyl sites for hydroxylation is 1. The number of para-hydroxylation sites is 2. The molecule has 0 radical (unpaired) electrons. The third-order valence-corrected chi connectivity index (χ3v) is 6.96. The molecular formula is C31H26N4OS. The van der Waals surface area contributed by atoms with Crippen molar-refractivity contribution < 1.29 is 4.74 Å². The van der Waals surface area contributed by atoms with Crippen LogP contribution in [0.4, 0.5) is 5.69 Å². The van der Waals surface area contributed by atoms with E-state index in [1.54, 1.807) is 0 Å². The number of ether oxygens (including phenoxy) is 1. The highest BCUT2D eigenvalue weighted by atomic mass is 32.1. The number of pyridine rings is 1. The zero-order chi connectivity index (χ0) is 25.2. The van der Waals surface area contributed by atoms with Crippen LogP contribution in [0, 0.1) is 6.92 Å². The molecule has 182 valence electrons. The van der Waals surface area contributed by atoms with E-state index in [0.717, 1.165) is 39.7 Å². The van der Waals surface area contributed by atoms with Gasteiger partial charge in [-0.15, -0.1) is 0 Å². The molecule has 5 nitrogen and oxygen atoms in total. The van der Waals surface area contributed by atoms with Crippen molar-refractivity contribution in [2.75, 3.05) is 4.90 Å². The molecule has 0 saturated carbocycles. The third-order valence-electron chi connectivity index (χ3n) is 6.65. The van der Waals surface area contributed by atoms with E-state index in [-0.39, 0.29) is 12.1 Å². The molecule has 1 aliphatic heterocycles. The van der Waals surface area contributed by atoms with Crippen LogP contribution in [-0.4, -0.2) is 14.7 Å². The zero-order valence-corrected chi connectivity index (χ0v) is 21.2. The summed E-state index contributed by atoms with van der Waals surface area (Å²) < 4.78 is 8.27. The molecule has 6 heteroatoms. The van der Waals surface area contributed by atoms with Crippen LogP contribution in [-0.2, 0) is 0 Å². The summed E-state index contributed by atoms with van der Waals surface area (Å²) in [4.78, 5) is 6.84. The van der Waals surface area contributed by atoms with Crippen molar-refractivity contribution in [3.63, 3.8) is 0 Å². The number of rotatable bonds is 6. The Kier molecular flexibility index (Phi) is 6.16. The van der Waals surface area contributed by atoms with Crippen LogP contribution in [0.5, 0.6) is 11.5 Å². The van der Waals surface area contributed by atoms with E-state index in [1.807, 2.05) is 85.9 Å². The van der Waals surface area contributed by atoms with Gasteiger partial charge in [0, 0.05) is 30.0 Å². The molecule has 3 aromatic carbocycles. The number of thiocarbonyl (C=S) groups is 1. The molecule has 1 fully saturated rings. The lowest BCUT2D eigenvalue weighted by Crippen LogP contribution is -2.29. The maximum absolute atomic E-state index is 6.13. The molecule has 0 spiro atoms. The molecule has 37 heavy (non-hydrogen) atoms. The summed E-state index contributed by atoms with van der Waals surface area (Å²) in [7, 11) is 0. The van der Waals surface area contributed by atoms with E-state index in [2.05, 4.69) is 62.5 Å². The van der Waals surface area contributed by atoms with Crippen molar-refractivity contribution in [2.24, 2.45) is 0 Å². The SMILES string of the molecule is Cc1ccccc1Oc1ccc(N2C(=S)N[C@H](c3ccccn3)[C@@H]2c2ccn(-c3ccccc3)c2)cc1. The molecule has 0 bridgehead atoms. The Labute approximate surface area is 222 Å². The molecular weight excluding hydrogens is 476 g/mol. The average Bonchev–Trinajstić information content (AvgIpc) is 3.56. The first-order valence-electron chi connectivity index (χ1n) is 12.2. The number of anilines is 1. The number of aromatic nitrogens is 2. The fourth-order valence-electron chi connectivity index (χ4n) is 4.79. The van der Waals surface area contributed by atoms with Crippen LogP contribution in [0.15, 0.2) is 122 Å². The minimum atomic E-state index is -0.0942. The lowest BCUT2D eigenvalue weighted by atomic mass is 9.98. The Balaban J connectivity index is 1.36. The van der Waals surface area contributed by atoms with Crippen molar-refractivity contribution in [2.45, 2.75) is 19.0 Å². The Morgan fingerprint density at radius 1 is 0.811 bits per heavy atom. The molecule has 3 heterocycles. The van der Waals surface area contributed by atoms with Gasteiger partial charge in [0.1, 0.15) is 11.5 Å². The minimum Gasteiger partial charge on any atom is -0.457 e. The fourth-order valence-corrected chi connectivity index (χ4v) is 5.14. The summed E-state index contributed by atoms with van der Waals surface area (Å²) in [5.74, 6) is 1.63. The normalized spacial score (nSPS) is 17.0. The molecule has 2 atom stereocenters. The standard InChI is InChI=1S/C31H26N4OS/c1-22-9-5-6-13-28(22)36-26-16-14-25(15-17-26)35-30(29(33-31(35)37)27-12-7-8-19-32-27)23-18-20-34(21-23)24-10-3-2-4-11-24/h2-21,29-30H,1H3,(H,33,37)/t29-,30+/m1/s1. The number of nitrogens with zero attached hydrogens (tertiary/aromatic N) is 3. The van der Waals surface area contributed by atoms with Crippen LogP contribution < -0.4 is 15.0 Å². The molecule has 1 aliphatic rings. The minimum absolute atomic E-state index is 0.0736. The van der Waals surface area contributed by atoms with Crippen molar-refractivity contribution in [3.8, 4) is 17.2 Å². The molecule has 2 aromatic heterocycles. The summed E-state index contributed by atoms with van der Waals surface area (Å²) >= 11 is 5.88. The van der Waals surface area contributed by atoms with E-state index >= 15 is 0 Å². The number of benzene rings is 3. The van der Waals surface area contributed by atoms with Gasteiger partial charge in [-0.1, -0.05) is 42.5 Å². The number of hydrogen-bond donors (Lipinski definition) is 1. The molecule has 1 saturated heterocycles. The van der Waals surface area contributed by atoms with Gasteiger partial charge in [-0.25, -0.2) is 0 Å². The fraction of sp³-hybridized carbons (Fsp3) is 0.0968. The van der Waals surface area contributed by atoms with Crippen molar-refractivity contribution in [3.05, 3.63) is 139 Å². The van der Waals surface area contributed by atoms with Crippen LogP contribution in [0.2, 0.25) is 0 Å². The predicted octanol–water partition coefficient (Wildman–Crippen LogP) is 7.15. The number of nitrogens with one attached hydrogen (secondary N) is 1. The van der Waals surface area contributed by atoms with E-state index in [9.17, 15) is 0 Å². The highest BCUT2D eigenvalue weighted by Gasteiger charge is 2.41. The second kappa shape index (κ2) is 9.91. The second-order valence-corrected chi connectivity index (χ2v) is 9.43. The van der Waals surface area contributed by atoms with Crippen molar-refractivity contribution in [1.82, 2.24) is 14.9 Å². The van der Waals surface area contributed by atoms with Crippen molar-refractivity contribution in [1.29, 1.82) is 0 Å². The van der Waals surface area contributed by atoms with Crippen LogP contribution in [0.25, 0.3) is 5.69 Å². The second-order valence-electron chi connectivity index (χ2n) is 9.05. The smallest absolute Gasteiger partial charge is 0.174 e. The summed E-state index contributed by atoms with van der Waals surface area (Å²) in [5.41, 5.74) is 5.29. The molecule has 0 amide bonds. The lowest BCUT2D eigenvalue weighted by molar-refractivity contribution is 0.479. The van der Waals surface area contributed by atoms with Crippen LogP contribution in [0.3, 0.4) is 0 Å². The van der Waals surface area contributed by atoms with Gasteiger partial charge in [-0.2, -0.15) is 0 Å². The average molecular weight is 503 g/mol. The molecule has 6 rings (SSSR count). The highest BCUT2D eigenvalue weighted by molar-refractivity contribution is 7.80. The summed E-state index contributed by atoms with van der Waals surface area (Å²) in [6.45, 7) is 2.04. The van der Waals surface area contributed by atoms with Gasteiger partial charge in [-0.05, 0) is 90.9 Å². The van der Waals surface area contributed by atoms with Crippen LogP contribution in [0.1, 0.15) is 28.9 Å². The summed E-state index contributed by atoms with van der Waals surface area (Å²) in [5, 5.41) is 4.20. The Bertz CT molecular complexity index is 1520. The lowest BCUT2D eigenvalue weighted by Gasteiger charge is -2.27. The molecule has 5 aromatic rings. The predicted molar refractivity (Wildman–Crippen MR) is 151 cm³/mol. The van der Waals surface area contributed by atoms with Crippen molar-refractivity contribution >= 4 is 23.0 Å². The first-order valence-corrected chi connectivity index (χ1v) is 12.7. The quantitative estimate of drug-likeness (QED) is 0.250. The van der Waals surface area contributed by atoms with Gasteiger partial charge < -0.3 is 19.5 Å². The third kappa shape index (κ3) is 4.59. The monoisotopic (exact) mass is 502 g/mol. The first kappa shape index (κ1) is 23.0. The van der Waals surface area contributed by atoms with E-state index in [1.165, 1.54) is 0 Å². The van der Waals surface area contributed by atoms with Gasteiger partial charge in [0.05, 0.1) is 17.8 Å². The van der Waals surface area contributed by atoms with Gasteiger partial charge in [0.15, 0.2) is 5.11 Å². The molecule has 0 unspecified atom stereocenters. The Morgan fingerprint density at radius 2 is 1.57 bits per heavy atom. The first-order chi connectivity index (χ1) is 18.2. The van der Waals surface area contributed by atoms with Gasteiger partial charge in [-0.3, -0.25) is 4.98 Å². The van der Waals surface area contributed by atoms with E-state index < -0.39 is 0 Å². The summed E-state index contributed by atoms with van der Waals surface area (Å²) in [6, 6.07) is 34.4. The van der Waals surface area contributed by atoms with E-state index in [0.29, 0.717) is 5.11 Å². The van der Waals surface area contributed by atoms with E-state index in [4.69, 9.17) is 17.0 Å². The van der Waals surface area contributed by atoms with Gasteiger partial charge in [0.25, 0.3) is 0 Å².